The van der Waals surface area contributed by atoms with Crippen LogP contribution in [0.25, 0.3) is 0 Å². The van der Waals surface area contributed by atoms with Gasteiger partial charge < -0.3 is 10.1 Å². The second-order valence-corrected chi connectivity index (χ2v) is 4.50. The van der Waals surface area contributed by atoms with Gasteiger partial charge in [-0.05, 0) is 17.9 Å². The van der Waals surface area contributed by atoms with Crippen LogP contribution in [0.5, 0.6) is 0 Å². The maximum absolute atomic E-state index is 11.5. The Morgan fingerprint density at radius 2 is 2.33 bits per heavy atom. The highest BCUT2D eigenvalue weighted by molar-refractivity contribution is 7.14. The molecule has 0 bridgehead atoms. The Bertz CT molecular complexity index is 462. The molecule has 6 heteroatoms. The molecule has 1 heterocycles. The number of anilines is 1. The summed E-state index contributed by atoms with van der Waals surface area (Å²) < 4.78 is 4.80. The van der Waals surface area contributed by atoms with Crippen molar-refractivity contribution in [1.82, 2.24) is 0 Å². The number of esters is 1. The van der Waals surface area contributed by atoms with Crippen LogP contribution in [0, 0.1) is 11.3 Å². The highest BCUT2D eigenvalue weighted by atomic mass is 32.1. The maximum Gasteiger partial charge on any atom is 0.306 e. The van der Waals surface area contributed by atoms with Gasteiger partial charge in [0, 0.05) is 6.42 Å². The van der Waals surface area contributed by atoms with Crippen molar-refractivity contribution >= 4 is 28.2 Å². The number of unbranched alkanes of at least 4 members (excludes halogenated alkanes) is 1. The average molecular weight is 266 g/mol. The Hall–Kier alpha value is -1.87. The van der Waals surface area contributed by atoms with E-state index in [1.54, 1.807) is 11.4 Å². The third-order valence-corrected chi connectivity index (χ3v) is 2.97. The lowest BCUT2D eigenvalue weighted by molar-refractivity contribution is -0.147. The van der Waals surface area contributed by atoms with Crippen LogP contribution in [0.3, 0.4) is 0 Å². The van der Waals surface area contributed by atoms with E-state index >= 15 is 0 Å². The van der Waals surface area contributed by atoms with E-state index in [-0.39, 0.29) is 12.6 Å². The zero-order valence-corrected chi connectivity index (χ0v) is 10.9. The molecule has 0 atom stereocenters. The van der Waals surface area contributed by atoms with Crippen LogP contribution < -0.4 is 5.32 Å². The molecule has 1 aromatic heterocycles. The molecule has 0 saturated carbocycles. The van der Waals surface area contributed by atoms with Crippen LogP contribution in [-0.2, 0) is 14.3 Å². The van der Waals surface area contributed by atoms with Crippen molar-refractivity contribution in [3.63, 3.8) is 0 Å². The summed E-state index contributed by atoms with van der Waals surface area (Å²) in [7, 11) is 0. The molecule has 1 rings (SSSR count). The zero-order valence-electron chi connectivity index (χ0n) is 10.1. The lowest BCUT2D eigenvalue weighted by Gasteiger charge is -2.05. The maximum atomic E-state index is 11.5. The first kappa shape index (κ1) is 14.2. The Morgan fingerprint density at radius 1 is 1.56 bits per heavy atom. The Balaban J connectivity index is 2.34. The monoisotopic (exact) mass is 266 g/mol. The molecule has 0 unspecified atom stereocenters. The lowest BCUT2D eigenvalue weighted by atomic mass is 10.2. The summed E-state index contributed by atoms with van der Waals surface area (Å²) in [6.45, 7) is 1.66. The first-order valence-corrected chi connectivity index (χ1v) is 6.48. The van der Waals surface area contributed by atoms with Gasteiger partial charge in [0.15, 0.2) is 6.61 Å². The van der Waals surface area contributed by atoms with Gasteiger partial charge in [-0.2, -0.15) is 5.26 Å². The van der Waals surface area contributed by atoms with Crippen LogP contribution in [-0.4, -0.2) is 18.5 Å². The summed E-state index contributed by atoms with van der Waals surface area (Å²) in [5.41, 5.74) is 0.408. The molecular formula is C12H14N2O3S. The van der Waals surface area contributed by atoms with Gasteiger partial charge in [0.2, 0.25) is 0 Å². The molecule has 0 aliphatic rings. The van der Waals surface area contributed by atoms with Crippen LogP contribution in [0.1, 0.15) is 31.7 Å². The summed E-state index contributed by atoms with van der Waals surface area (Å²) in [6.07, 6.45) is 1.98. The van der Waals surface area contributed by atoms with Gasteiger partial charge >= 0.3 is 5.97 Å². The minimum atomic E-state index is -0.432. The Kier molecular flexibility index (Phi) is 5.88. The molecule has 96 valence electrons. The molecule has 0 aliphatic carbocycles. The Morgan fingerprint density at radius 3 is 3.00 bits per heavy atom. The number of nitriles is 1. The third kappa shape index (κ3) is 4.55. The molecule has 1 amide bonds. The van der Waals surface area contributed by atoms with Gasteiger partial charge in [0.05, 0.1) is 5.56 Å². The van der Waals surface area contributed by atoms with Crippen molar-refractivity contribution < 1.29 is 14.3 Å². The second-order valence-electron chi connectivity index (χ2n) is 3.59. The molecule has 5 nitrogen and oxygen atoms in total. The van der Waals surface area contributed by atoms with Crippen LogP contribution in [0.2, 0.25) is 0 Å². The zero-order chi connectivity index (χ0) is 13.4. The van der Waals surface area contributed by atoms with Crippen LogP contribution in [0.15, 0.2) is 11.4 Å². The van der Waals surface area contributed by atoms with Gasteiger partial charge in [0.25, 0.3) is 5.91 Å². The van der Waals surface area contributed by atoms with Crippen LogP contribution >= 0.6 is 11.3 Å². The van der Waals surface area contributed by atoms with E-state index in [0.29, 0.717) is 17.0 Å². The lowest BCUT2D eigenvalue weighted by Crippen LogP contribution is -2.20. The third-order valence-electron chi connectivity index (χ3n) is 2.14. The number of thiophene rings is 1. The number of hydrogen-bond acceptors (Lipinski definition) is 5. The number of rotatable bonds is 6. The number of nitrogens with zero attached hydrogens (tertiary/aromatic N) is 1. The van der Waals surface area contributed by atoms with Gasteiger partial charge in [-0.3, -0.25) is 9.59 Å². The normalized spacial score (nSPS) is 9.56. The topological polar surface area (TPSA) is 79.2 Å². The van der Waals surface area contributed by atoms with E-state index in [1.807, 2.05) is 13.0 Å². The van der Waals surface area contributed by atoms with E-state index in [9.17, 15) is 9.59 Å². The molecule has 0 aliphatic heterocycles. The SMILES string of the molecule is CCCCC(=O)OCC(=O)Nc1sccc1C#N. The van der Waals surface area contributed by atoms with E-state index in [2.05, 4.69) is 5.32 Å². The van der Waals surface area contributed by atoms with Crippen LogP contribution in [0.4, 0.5) is 5.00 Å². The van der Waals surface area contributed by atoms with Crippen molar-refractivity contribution in [3.05, 3.63) is 17.0 Å². The second kappa shape index (κ2) is 7.45. The van der Waals surface area contributed by atoms with Crippen molar-refractivity contribution in [3.8, 4) is 6.07 Å². The molecule has 0 spiro atoms. The first-order chi connectivity index (χ1) is 8.67. The predicted octanol–water partition coefficient (Wildman–Crippen LogP) is 2.29. The molecule has 1 aromatic rings. The number of ether oxygens (including phenoxy) is 1. The van der Waals surface area contributed by atoms with Crippen molar-refractivity contribution in [1.29, 1.82) is 5.26 Å². The number of carbonyl (C=O) groups excluding carboxylic acids is 2. The molecule has 0 aromatic carbocycles. The van der Waals surface area contributed by atoms with Crippen molar-refractivity contribution in [2.75, 3.05) is 11.9 Å². The van der Waals surface area contributed by atoms with E-state index in [1.165, 1.54) is 11.3 Å². The number of nitrogens with one attached hydrogen (secondary N) is 1. The highest BCUT2D eigenvalue weighted by Gasteiger charge is 2.10. The predicted molar refractivity (Wildman–Crippen MR) is 68.1 cm³/mol. The minimum Gasteiger partial charge on any atom is -0.456 e. The molecule has 1 N–H and O–H groups in total. The highest BCUT2D eigenvalue weighted by Crippen LogP contribution is 2.21. The van der Waals surface area contributed by atoms with E-state index in [4.69, 9.17) is 10.00 Å². The number of hydrogen-bond donors (Lipinski definition) is 1. The fourth-order valence-corrected chi connectivity index (χ4v) is 1.95. The van der Waals surface area contributed by atoms with Gasteiger partial charge in [-0.15, -0.1) is 11.3 Å². The average Bonchev–Trinajstić information content (AvgIpc) is 2.81. The van der Waals surface area contributed by atoms with E-state index < -0.39 is 5.91 Å². The largest absolute Gasteiger partial charge is 0.456 e. The summed E-state index contributed by atoms with van der Waals surface area (Å²) in [5, 5.41) is 13.5. The minimum absolute atomic E-state index is 0.314. The number of carbonyl (C=O) groups is 2. The van der Waals surface area contributed by atoms with Gasteiger partial charge in [0.1, 0.15) is 11.1 Å². The van der Waals surface area contributed by atoms with Gasteiger partial charge in [-0.1, -0.05) is 13.3 Å². The smallest absolute Gasteiger partial charge is 0.306 e. The van der Waals surface area contributed by atoms with Crippen molar-refractivity contribution in [2.45, 2.75) is 26.2 Å². The standard InChI is InChI=1S/C12H14N2O3S/c1-2-3-4-11(16)17-8-10(15)14-12-9(7-13)5-6-18-12/h5-6H,2-4,8H2,1H3,(H,14,15). The van der Waals surface area contributed by atoms with Gasteiger partial charge in [-0.25, -0.2) is 0 Å². The fourth-order valence-electron chi connectivity index (χ4n) is 1.20. The van der Waals surface area contributed by atoms with Crippen molar-refractivity contribution in [2.24, 2.45) is 0 Å². The molecule has 18 heavy (non-hydrogen) atoms. The number of amides is 1. The Labute approximate surface area is 109 Å². The summed E-state index contributed by atoms with van der Waals surface area (Å²) in [4.78, 5) is 22.6. The molecule has 0 radical (unpaired) electrons. The molecule has 0 saturated heterocycles. The first-order valence-electron chi connectivity index (χ1n) is 5.60. The quantitative estimate of drug-likeness (QED) is 0.801. The summed E-state index contributed by atoms with van der Waals surface area (Å²) in [6, 6.07) is 3.58. The van der Waals surface area contributed by atoms with E-state index in [0.717, 1.165) is 12.8 Å². The summed E-state index contributed by atoms with van der Waals surface area (Å²) >= 11 is 1.26. The molecular weight excluding hydrogens is 252 g/mol. The molecule has 0 fully saturated rings. The summed E-state index contributed by atoms with van der Waals surface area (Å²) in [5.74, 6) is -0.808. The fraction of sp³-hybridized carbons (Fsp3) is 0.417.